The van der Waals surface area contributed by atoms with Crippen molar-refractivity contribution in [2.75, 3.05) is 7.11 Å². The Morgan fingerprint density at radius 2 is 1.97 bits per heavy atom. The first-order valence-corrected chi connectivity index (χ1v) is 11.1. The van der Waals surface area contributed by atoms with E-state index < -0.39 is 0 Å². The molecule has 0 saturated heterocycles. The normalized spacial score (nSPS) is 10.8. The second-order valence-corrected chi connectivity index (χ2v) is 8.56. The van der Waals surface area contributed by atoms with Crippen LogP contribution in [-0.2, 0) is 6.61 Å². The Morgan fingerprint density at radius 1 is 1.20 bits per heavy atom. The summed E-state index contributed by atoms with van der Waals surface area (Å²) in [5, 5.41) is 4.45. The van der Waals surface area contributed by atoms with Crippen molar-refractivity contribution in [1.29, 1.82) is 0 Å². The third-order valence-corrected chi connectivity index (χ3v) is 5.80. The molecule has 0 aliphatic rings. The molecule has 0 radical (unpaired) electrons. The average Bonchev–Trinajstić information content (AvgIpc) is 2.74. The van der Waals surface area contributed by atoms with E-state index in [1.54, 1.807) is 25.3 Å². The van der Waals surface area contributed by atoms with Gasteiger partial charge in [0.25, 0.3) is 5.91 Å². The van der Waals surface area contributed by atoms with Gasteiger partial charge in [0.1, 0.15) is 12.4 Å². The summed E-state index contributed by atoms with van der Waals surface area (Å²) in [7, 11) is 1.56. The van der Waals surface area contributed by atoms with E-state index in [1.807, 2.05) is 42.5 Å². The zero-order chi connectivity index (χ0) is 21.5. The van der Waals surface area contributed by atoms with Crippen molar-refractivity contribution in [3.63, 3.8) is 0 Å². The fourth-order valence-corrected chi connectivity index (χ4v) is 4.10. The van der Waals surface area contributed by atoms with Crippen LogP contribution in [0.25, 0.3) is 0 Å². The number of rotatable bonds is 7. The number of halogens is 3. The first kappa shape index (κ1) is 22.6. The van der Waals surface area contributed by atoms with Crippen molar-refractivity contribution < 1.29 is 14.3 Å². The van der Waals surface area contributed by atoms with Gasteiger partial charge in [0.15, 0.2) is 5.75 Å². The number of hydrogen-bond acceptors (Lipinski definition) is 4. The quantitative estimate of drug-likeness (QED) is 0.204. The summed E-state index contributed by atoms with van der Waals surface area (Å²) < 4.78 is 12.7. The molecule has 154 valence electrons. The van der Waals surface area contributed by atoms with Gasteiger partial charge in [0, 0.05) is 5.56 Å². The molecule has 0 aliphatic heterocycles. The second-order valence-electron chi connectivity index (χ2n) is 6.14. The number of ether oxygens (including phenoxy) is 2. The molecule has 3 aromatic carbocycles. The molecule has 0 fully saturated rings. The average molecular weight is 600 g/mol. The van der Waals surface area contributed by atoms with Gasteiger partial charge in [-0.1, -0.05) is 41.9 Å². The van der Waals surface area contributed by atoms with Crippen LogP contribution in [-0.4, -0.2) is 19.2 Å². The summed E-state index contributed by atoms with van der Waals surface area (Å²) in [6.07, 6.45) is 1.51. The summed E-state index contributed by atoms with van der Waals surface area (Å²) >= 11 is 12.0. The standard InChI is InChI=1S/C22H17BrClIN2O3/c1-29-20-11-16(7-8-19(20)25)22(28)27-26-12-15-9-17(23)21(18(24)10-15)30-13-14-5-3-2-4-6-14/h2-12H,13H2,1H3,(H,27,28)/b26-12-. The van der Waals surface area contributed by atoms with Crippen molar-refractivity contribution in [3.05, 3.63) is 90.4 Å². The van der Waals surface area contributed by atoms with E-state index in [4.69, 9.17) is 21.1 Å². The van der Waals surface area contributed by atoms with Crippen LogP contribution in [0.1, 0.15) is 21.5 Å². The number of carbonyl (C=O) groups excluding carboxylic acids is 1. The van der Waals surface area contributed by atoms with Crippen LogP contribution in [0.15, 0.2) is 70.2 Å². The third kappa shape index (κ3) is 5.96. The number of carbonyl (C=O) groups is 1. The molecule has 0 aromatic heterocycles. The molecular weight excluding hydrogens is 583 g/mol. The van der Waals surface area contributed by atoms with Crippen LogP contribution in [0.5, 0.6) is 11.5 Å². The Morgan fingerprint density at radius 3 is 2.67 bits per heavy atom. The highest BCUT2D eigenvalue weighted by atomic mass is 127. The molecule has 0 bridgehead atoms. The fourth-order valence-electron chi connectivity index (χ4n) is 2.55. The van der Waals surface area contributed by atoms with E-state index in [0.717, 1.165) is 9.13 Å². The highest BCUT2D eigenvalue weighted by molar-refractivity contribution is 14.1. The van der Waals surface area contributed by atoms with Gasteiger partial charge in [-0.05, 0) is 80.0 Å². The van der Waals surface area contributed by atoms with Crippen molar-refractivity contribution in [2.45, 2.75) is 6.61 Å². The van der Waals surface area contributed by atoms with E-state index in [2.05, 4.69) is 49.0 Å². The molecule has 0 saturated carbocycles. The maximum absolute atomic E-state index is 12.3. The van der Waals surface area contributed by atoms with Crippen LogP contribution in [0, 0.1) is 3.57 Å². The number of amides is 1. The second kappa shape index (κ2) is 10.8. The summed E-state index contributed by atoms with van der Waals surface area (Å²) in [6, 6.07) is 18.5. The van der Waals surface area contributed by atoms with Crippen molar-refractivity contribution in [1.82, 2.24) is 5.43 Å². The number of nitrogens with zero attached hydrogens (tertiary/aromatic N) is 1. The maximum Gasteiger partial charge on any atom is 0.271 e. The van der Waals surface area contributed by atoms with Gasteiger partial charge in [0.2, 0.25) is 0 Å². The lowest BCUT2D eigenvalue weighted by Crippen LogP contribution is -2.17. The molecule has 3 rings (SSSR count). The summed E-state index contributed by atoms with van der Waals surface area (Å²) in [4.78, 5) is 12.3. The number of methoxy groups -OCH3 is 1. The largest absolute Gasteiger partial charge is 0.496 e. The molecule has 1 amide bonds. The van der Waals surface area contributed by atoms with Gasteiger partial charge in [-0.25, -0.2) is 5.43 Å². The molecule has 0 spiro atoms. The summed E-state index contributed by atoms with van der Waals surface area (Å²) in [6.45, 7) is 0.405. The topological polar surface area (TPSA) is 59.9 Å². The van der Waals surface area contributed by atoms with E-state index in [1.165, 1.54) is 6.21 Å². The first-order valence-electron chi connectivity index (χ1n) is 8.80. The summed E-state index contributed by atoms with van der Waals surface area (Å²) in [5.41, 5.74) is 4.70. The van der Waals surface area contributed by atoms with E-state index in [9.17, 15) is 4.79 Å². The van der Waals surface area contributed by atoms with Gasteiger partial charge in [-0.15, -0.1) is 0 Å². The minimum absolute atomic E-state index is 0.339. The Labute approximate surface area is 201 Å². The van der Waals surface area contributed by atoms with Crippen LogP contribution in [0.2, 0.25) is 5.02 Å². The third-order valence-electron chi connectivity index (χ3n) is 4.04. The van der Waals surface area contributed by atoms with E-state index in [-0.39, 0.29) is 5.91 Å². The molecular formula is C22H17BrClIN2O3. The van der Waals surface area contributed by atoms with Crippen molar-refractivity contribution >= 4 is 62.2 Å². The van der Waals surface area contributed by atoms with Crippen molar-refractivity contribution in [3.8, 4) is 11.5 Å². The van der Waals surface area contributed by atoms with Gasteiger partial charge in [-0.3, -0.25) is 4.79 Å². The molecule has 1 N–H and O–H groups in total. The number of hydrazone groups is 1. The molecule has 5 nitrogen and oxygen atoms in total. The number of nitrogens with one attached hydrogen (secondary N) is 1. The van der Waals surface area contributed by atoms with E-state index in [0.29, 0.717) is 38.7 Å². The van der Waals surface area contributed by atoms with Crippen LogP contribution in [0.3, 0.4) is 0 Å². The first-order chi connectivity index (χ1) is 14.5. The lowest BCUT2D eigenvalue weighted by molar-refractivity contribution is 0.0954. The van der Waals surface area contributed by atoms with Crippen LogP contribution >= 0.6 is 50.1 Å². The Bertz CT molecular complexity index is 1050. The highest BCUT2D eigenvalue weighted by Crippen LogP contribution is 2.34. The Balaban J connectivity index is 1.65. The monoisotopic (exact) mass is 598 g/mol. The lowest BCUT2D eigenvalue weighted by Gasteiger charge is -2.11. The zero-order valence-corrected chi connectivity index (χ0v) is 20.4. The van der Waals surface area contributed by atoms with Crippen LogP contribution in [0.4, 0.5) is 0 Å². The molecule has 3 aromatic rings. The maximum atomic E-state index is 12.3. The van der Waals surface area contributed by atoms with E-state index >= 15 is 0 Å². The molecule has 30 heavy (non-hydrogen) atoms. The molecule has 0 aliphatic carbocycles. The molecule has 0 heterocycles. The lowest BCUT2D eigenvalue weighted by atomic mass is 10.2. The van der Waals surface area contributed by atoms with Crippen molar-refractivity contribution in [2.24, 2.45) is 5.10 Å². The smallest absolute Gasteiger partial charge is 0.271 e. The Kier molecular flexibility index (Phi) is 8.12. The van der Waals surface area contributed by atoms with Gasteiger partial charge in [-0.2, -0.15) is 5.10 Å². The molecule has 0 atom stereocenters. The summed E-state index contributed by atoms with van der Waals surface area (Å²) in [5.74, 6) is 0.843. The minimum Gasteiger partial charge on any atom is -0.496 e. The number of hydrogen-bond donors (Lipinski definition) is 1. The van der Waals surface area contributed by atoms with Crippen LogP contribution < -0.4 is 14.9 Å². The minimum atomic E-state index is -0.339. The number of benzene rings is 3. The SMILES string of the molecule is COc1cc(C(=O)N/N=C\c2cc(Cl)c(OCc3ccccc3)c(Br)c2)ccc1I. The van der Waals surface area contributed by atoms with Gasteiger partial charge < -0.3 is 9.47 Å². The Hall–Kier alpha value is -2.10. The zero-order valence-electron chi connectivity index (χ0n) is 15.9. The fraction of sp³-hybridized carbons (Fsp3) is 0.0909. The highest BCUT2D eigenvalue weighted by Gasteiger charge is 2.10. The van der Waals surface area contributed by atoms with Gasteiger partial charge in [0.05, 0.1) is 26.4 Å². The molecule has 0 unspecified atom stereocenters. The predicted molar refractivity (Wildman–Crippen MR) is 131 cm³/mol. The van der Waals surface area contributed by atoms with Gasteiger partial charge >= 0.3 is 0 Å². The molecule has 8 heteroatoms. The predicted octanol–water partition coefficient (Wildman–Crippen LogP) is 6.06.